The zero-order valence-electron chi connectivity index (χ0n) is 8.14. The lowest BCUT2D eigenvalue weighted by molar-refractivity contribution is -0.609. The van der Waals surface area contributed by atoms with Crippen LogP contribution in [0.4, 0.5) is 0 Å². The van der Waals surface area contributed by atoms with Crippen LogP contribution in [0.25, 0.3) is 0 Å². The predicted octanol–water partition coefficient (Wildman–Crippen LogP) is 0.333. The number of carboxylic acid groups (broad SMARTS) is 2. The van der Waals surface area contributed by atoms with E-state index in [1.54, 1.807) is 6.92 Å². The number of aromatic carboxylic acids is 2. The molecule has 0 unspecified atom stereocenters. The standard InChI is InChI=1S/C9H9NO5/c1-4-3-10(15)7(9(13)14)6(5(4)2)8(11)12/h3H,1-2H3,(H,11,12)(H,13,14). The fourth-order valence-electron chi connectivity index (χ4n) is 1.29. The lowest BCUT2D eigenvalue weighted by Crippen LogP contribution is -2.38. The van der Waals surface area contributed by atoms with Crippen LogP contribution in [0, 0.1) is 19.1 Å². The Morgan fingerprint density at radius 1 is 1.27 bits per heavy atom. The highest BCUT2D eigenvalue weighted by atomic mass is 16.5. The fourth-order valence-corrected chi connectivity index (χ4v) is 1.29. The zero-order valence-corrected chi connectivity index (χ0v) is 8.14. The Morgan fingerprint density at radius 2 is 1.80 bits per heavy atom. The normalized spacial score (nSPS) is 10.0. The van der Waals surface area contributed by atoms with Gasteiger partial charge in [0.05, 0.1) is 0 Å². The molecule has 0 radical (unpaired) electrons. The van der Waals surface area contributed by atoms with Crippen molar-refractivity contribution < 1.29 is 24.5 Å². The van der Waals surface area contributed by atoms with Gasteiger partial charge >= 0.3 is 17.6 Å². The summed E-state index contributed by atoms with van der Waals surface area (Å²) >= 11 is 0. The Balaban J connectivity index is 3.69. The van der Waals surface area contributed by atoms with E-state index in [-0.39, 0.29) is 10.3 Å². The molecule has 1 aromatic rings. The van der Waals surface area contributed by atoms with Crippen molar-refractivity contribution in [3.05, 3.63) is 33.8 Å². The summed E-state index contributed by atoms with van der Waals surface area (Å²) in [5, 5.41) is 28.8. The minimum Gasteiger partial charge on any atom is -0.618 e. The molecule has 0 fully saturated rings. The first-order valence-electron chi connectivity index (χ1n) is 4.06. The number of aryl methyl sites for hydroxylation is 1. The smallest absolute Gasteiger partial charge is 0.403 e. The van der Waals surface area contributed by atoms with E-state index in [1.807, 2.05) is 0 Å². The van der Waals surface area contributed by atoms with Gasteiger partial charge in [-0.1, -0.05) is 0 Å². The Hall–Kier alpha value is -2.11. The number of aromatic nitrogens is 1. The second kappa shape index (κ2) is 3.56. The van der Waals surface area contributed by atoms with Crippen molar-refractivity contribution in [2.75, 3.05) is 0 Å². The first-order valence-corrected chi connectivity index (χ1v) is 4.06. The van der Waals surface area contributed by atoms with Crippen molar-refractivity contribution in [3.63, 3.8) is 0 Å². The molecule has 15 heavy (non-hydrogen) atoms. The molecule has 6 nitrogen and oxygen atoms in total. The van der Waals surface area contributed by atoms with Gasteiger partial charge in [0, 0.05) is 5.56 Å². The molecule has 0 bridgehead atoms. The fraction of sp³-hybridized carbons (Fsp3) is 0.222. The number of hydrogen-bond acceptors (Lipinski definition) is 3. The molecule has 0 aliphatic heterocycles. The van der Waals surface area contributed by atoms with Crippen LogP contribution in [0.3, 0.4) is 0 Å². The second-order valence-electron chi connectivity index (χ2n) is 3.10. The molecule has 0 spiro atoms. The van der Waals surface area contributed by atoms with Gasteiger partial charge in [0.25, 0.3) is 0 Å². The molecule has 2 N–H and O–H groups in total. The van der Waals surface area contributed by atoms with Crippen LogP contribution in [-0.2, 0) is 0 Å². The van der Waals surface area contributed by atoms with Gasteiger partial charge in [-0.25, -0.2) is 9.59 Å². The lowest BCUT2D eigenvalue weighted by Gasteiger charge is -2.08. The van der Waals surface area contributed by atoms with Crippen LogP contribution in [0.15, 0.2) is 6.20 Å². The molecular weight excluding hydrogens is 202 g/mol. The van der Waals surface area contributed by atoms with Crippen LogP contribution < -0.4 is 4.73 Å². The Morgan fingerprint density at radius 3 is 2.20 bits per heavy atom. The highest BCUT2D eigenvalue weighted by molar-refractivity contribution is 6.00. The van der Waals surface area contributed by atoms with E-state index >= 15 is 0 Å². The highest BCUT2D eigenvalue weighted by Crippen LogP contribution is 2.14. The van der Waals surface area contributed by atoms with E-state index in [1.165, 1.54) is 6.92 Å². The maximum absolute atomic E-state index is 11.2. The molecule has 0 amide bonds. The van der Waals surface area contributed by atoms with Gasteiger partial charge in [-0.3, -0.25) is 0 Å². The molecule has 0 aromatic carbocycles. The quantitative estimate of drug-likeness (QED) is 0.542. The van der Waals surface area contributed by atoms with E-state index in [0.29, 0.717) is 5.56 Å². The zero-order chi connectivity index (χ0) is 11.7. The lowest BCUT2D eigenvalue weighted by atomic mass is 10.0. The van der Waals surface area contributed by atoms with E-state index in [0.717, 1.165) is 6.20 Å². The summed E-state index contributed by atoms with van der Waals surface area (Å²) in [5.74, 6) is -2.97. The topological polar surface area (TPSA) is 102 Å². The van der Waals surface area contributed by atoms with Crippen molar-refractivity contribution >= 4 is 11.9 Å². The molecule has 0 saturated heterocycles. The predicted molar refractivity (Wildman–Crippen MR) is 48.8 cm³/mol. The molecule has 0 aliphatic carbocycles. The SMILES string of the molecule is Cc1c[n+]([O-])c(C(=O)O)c(C(=O)O)c1C. The molecule has 80 valence electrons. The molecule has 0 atom stereocenters. The third-order valence-corrected chi connectivity index (χ3v) is 2.15. The maximum atomic E-state index is 11.2. The maximum Gasteiger partial charge on any atom is 0.403 e. The molecule has 0 aliphatic rings. The van der Waals surface area contributed by atoms with Gasteiger partial charge in [-0.05, 0) is 19.4 Å². The van der Waals surface area contributed by atoms with Gasteiger partial charge in [-0.15, -0.1) is 0 Å². The van der Waals surface area contributed by atoms with Gasteiger partial charge in [0.15, 0.2) is 6.20 Å². The summed E-state index contributed by atoms with van der Waals surface area (Å²) in [6, 6.07) is 0. The van der Waals surface area contributed by atoms with Crippen molar-refractivity contribution in [1.29, 1.82) is 0 Å². The van der Waals surface area contributed by atoms with Crippen LogP contribution in [-0.4, -0.2) is 22.2 Å². The van der Waals surface area contributed by atoms with E-state index < -0.39 is 23.2 Å². The van der Waals surface area contributed by atoms with Crippen molar-refractivity contribution in [2.24, 2.45) is 0 Å². The van der Waals surface area contributed by atoms with Crippen LogP contribution in [0.1, 0.15) is 32.0 Å². The average molecular weight is 211 g/mol. The van der Waals surface area contributed by atoms with Crippen molar-refractivity contribution in [2.45, 2.75) is 13.8 Å². The monoisotopic (exact) mass is 211 g/mol. The van der Waals surface area contributed by atoms with Gasteiger partial charge in [0.1, 0.15) is 5.56 Å². The number of nitrogens with zero attached hydrogens (tertiary/aromatic N) is 1. The molecule has 6 heteroatoms. The van der Waals surface area contributed by atoms with Gasteiger partial charge in [-0.2, -0.15) is 4.73 Å². The Bertz CT molecular complexity index is 452. The summed E-state index contributed by atoms with van der Waals surface area (Å²) in [6.45, 7) is 3.01. The van der Waals surface area contributed by atoms with Crippen LogP contribution in [0.5, 0.6) is 0 Å². The second-order valence-corrected chi connectivity index (χ2v) is 3.10. The van der Waals surface area contributed by atoms with E-state index in [4.69, 9.17) is 10.2 Å². The minimum atomic E-state index is -1.55. The largest absolute Gasteiger partial charge is 0.618 e. The Kier molecular flexibility index (Phi) is 2.61. The summed E-state index contributed by atoms with van der Waals surface area (Å²) in [6.07, 6.45) is 1.05. The molecule has 0 saturated carbocycles. The minimum absolute atomic E-state index is 0.0636. The highest BCUT2D eigenvalue weighted by Gasteiger charge is 2.28. The van der Waals surface area contributed by atoms with E-state index in [9.17, 15) is 14.8 Å². The third-order valence-electron chi connectivity index (χ3n) is 2.15. The molecule has 1 heterocycles. The van der Waals surface area contributed by atoms with Gasteiger partial charge < -0.3 is 15.4 Å². The number of hydrogen-bond donors (Lipinski definition) is 2. The number of pyridine rings is 1. The van der Waals surface area contributed by atoms with Gasteiger partial charge in [0.2, 0.25) is 0 Å². The first kappa shape index (κ1) is 11.0. The van der Waals surface area contributed by atoms with Crippen LogP contribution >= 0.6 is 0 Å². The number of rotatable bonds is 2. The summed E-state index contributed by atoms with van der Waals surface area (Å²) in [4.78, 5) is 21.6. The number of carbonyl (C=O) groups is 2. The third kappa shape index (κ3) is 1.74. The molecular formula is C9H9NO5. The summed E-state index contributed by atoms with van der Waals surface area (Å²) < 4.78 is 0.0636. The molecule has 1 rings (SSSR count). The van der Waals surface area contributed by atoms with Crippen molar-refractivity contribution in [1.82, 2.24) is 0 Å². The summed E-state index contributed by atoms with van der Waals surface area (Å²) in [5.41, 5.74) is -0.498. The summed E-state index contributed by atoms with van der Waals surface area (Å²) in [7, 11) is 0. The Labute approximate surface area is 85.0 Å². The molecule has 1 aromatic heterocycles. The van der Waals surface area contributed by atoms with Crippen molar-refractivity contribution in [3.8, 4) is 0 Å². The number of carboxylic acids is 2. The average Bonchev–Trinajstić information content (AvgIpc) is 2.09. The van der Waals surface area contributed by atoms with E-state index in [2.05, 4.69) is 0 Å². The van der Waals surface area contributed by atoms with Crippen LogP contribution in [0.2, 0.25) is 0 Å². The first-order chi connectivity index (χ1) is 6.86.